The summed E-state index contributed by atoms with van der Waals surface area (Å²) in [6.45, 7) is 2.29. The van der Waals surface area contributed by atoms with Crippen LogP contribution < -0.4 is 4.90 Å². The van der Waals surface area contributed by atoms with Crippen LogP contribution in [0.25, 0.3) is 0 Å². The van der Waals surface area contributed by atoms with Crippen LogP contribution in [0.15, 0.2) is 24.3 Å². The molecular weight excluding hydrogens is 216 g/mol. The molecule has 1 atom stereocenters. The SMILES string of the molecule is N#Cc1cccc(N2CCOCC2CCO)c1. The molecule has 1 N–H and O–H groups in total. The van der Waals surface area contributed by atoms with E-state index < -0.39 is 0 Å². The normalized spacial score (nSPS) is 20.0. The second kappa shape index (κ2) is 5.67. The van der Waals surface area contributed by atoms with Crippen molar-refractivity contribution in [2.45, 2.75) is 12.5 Å². The Kier molecular flexibility index (Phi) is 3.97. The minimum Gasteiger partial charge on any atom is -0.396 e. The standard InChI is InChI=1S/C13H16N2O2/c14-9-11-2-1-3-12(8-11)15-5-7-17-10-13(15)4-6-16/h1-3,8,13,16H,4-7,10H2. The number of nitrogens with zero attached hydrogens (tertiary/aromatic N) is 2. The lowest BCUT2D eigenvalue weighted by atomic mass is 10.1. The summed E-state index contributed by atoms with van der Waals surface area (Å²) in [6.07, 6.45) is 0.691. The predicted molar refractivity (Wildman–Crippen MR) is 64.8 cm³/mol. The molecular formula is C13H16N2O2. The van der Waals surface area contributed by atoms with Crippen molar-refractivity contribution in [1.29, 1.82) is 5.26 Å². The number of aliphatic hydroxyl groups is 1. The van der Waals surface area contributed by atoms with Crippen LogP contribution in [0.1, 0.15) is 12.0 Å². The highest BCUT2D eigenvalue weighted by Gasteiger charge is 2.22. The quantitative estimate of drug-likeness (QED) is 0.849. The molecule has 0 radical (unpaired) electrons. The first-order chi connectivity index (χ1) is 8.35. The molecule has 1 heterocycles. The monoisotopic (exact) mass is 232 g/mol. The zero-order valence-electron chi connectivity index (χ0n) is 9.67. The lowest BCUT2D eigenvalue weighted by Crippen LogP contribution is -2.46. The average molecular weight is 232 g/mol. The summed E-state index contributed by atoms with van der Waals surface area (Å²) in [5.41, 5.74) is 1.70. The molecule has 0 amide bonds. The van der Waals surface area contributed by atoms with E-state index in [4.69, 9.17) is 15.1 Å². The molecule has 4 nitrogen and oxygen atoms in total. The Morgan fingerprint density at radius 3 is 3.18 bits per heavy atom. The van der Waals surface area contributed by atoms with Gasteiger partial charge in [0.2, 0.25) is 0 Å². The van der Waals surface area contributed by atoms with Crippen LogP contribution in [-0.2, 0) is 4.74 Å². The average Bonchev–Trinajstić information content (AvgIpc) is 2.40. The van der Waals surface area contributed by atoms with Crippen molar-refractivity contribution in [2.75, 3.05) is 31.3 Å². The zero-order chi connectivity index (χ0) is 12.1. The van der Waals surface area contributed by atoms with E-state index in [0.29, 0.717) is 25.2 Å². The Morgan fingerprint density at radius 1 is 1.53 bits per heavy atom. The van der Waals surface area contributed by atoms with Crippen molar-refractivity contribution in [3.05, 3.63) is 29.8 Å². The zero-order valence-corrected chi connectivity index (χ0v) is 9.67. The summed E-state index contributed by atoms with van der Waals surface area (Å²) in [5.74, 6) is 0. The molecule has 0 bridgehead atoms. The minimum atomic E-state index is 0.155. The molecule has 0 aliphatic carbocycles. The fourth-order valence-corrected chi connectivity index (χ4v) is 2.14. The van der Waals surface area contributed by atoms with Crippen LogP contribution in [0.4, 0.5) is 5.69 Å². The molecule has 17 heavy (non-hydrogen) atoms. The molecule has 1 aliphatic rings. The number of morpholine rings is 1. The van der Waals surface area contributed by atoms with Gasteiger partial charge in [0.15, 0.2) is 0 Å². The third-order valence-corrected chi connectivity index (χ3v) is 3.00. The number of ether oxygens (including phenoxy) is 1. The van der Waals surface area contributed by atoms with Gasteiger partial charge in [0, 0.05) is 18.8 Å². The largest absolute Gasteiger partial charge is 0.396 e. The highest BCUT2D eigenvalue weighted by atomic mass is 16.5. The third-order valence-electron chi connectivity index (χ3n) is 3.00. The van der Waals surface area contributed by atoms with Crippen molar-refractivity contribution in [2.24, 2.45) is 0 Å². The molecule has 2 rings (SSSR count). The van der Waals surface area contributed by atoms with Crippen LogP contribution in [0, 0.1) is 11.3 Å². The van der Waals surface area contributed by atoms with Gasteiger partial charge in [-0.05, 0) is 24.6 Å². The van der Waals surface area contributed by atoms with Gasteiger partial charge < -0.3 is 14.7 Å². The summed E-state index contributed by atoms with van der Waals surface area (Å²) < 4.78 is 5.43. The van der Waals surface area contributed by atoms with E-state index in [1.165, 1.54) is 0 Å². The molecule has 1 unspecified atom stereocenters. The first-order valence-corrected chi connectivity index (χ1v) is 5.80. The van der Waals surface area contributed by atoms with Gasteiger partial charge in [-0.3, -0.25) is 0 Å². The summed E-state index contributed by atoms with van der Waals surface area (Å²) >= 11 is 0. The Morgan fingerprint density at radius 2 is 2.41 bits per heavy atom. The van der Waals surface area contributed by atoms with E-state index in [0.717, 1.165) is 12.2 Å². The lowest BCUT2D eigenvalue weighted by molar-refractivity contribution is 0.0850. The molecule has 1 aliphatic heterocycles. The van der Waals surface area contributed by atoms with E-state index in [2.05, 4.69) is 11.0 Å². The van der Waals surface area contributed by atoms with Gasteiger partial charge in [0.1, 0.15) is 0 Å². The van der Waals surface area contributed by atoms with Crippen LogP contribution in [-0.4, -0.2) is 37.5 Å². The summed E-state index contributed by atoms with van der Waals surface area (Å²) in [4.78, 5) is 2.21. The van der Waals surface area contributed by atoms with Crippen LogP contribution in [0.2, 0.25) is 0 Å². The lowest BCUT2D eigenvalue weighted by Gasteiger charge is -2.37. The van der Waals surface area contributed by atoms with Crippen molar-refractivity contribution < 1.29 is 9.84 Å². The van der Waals surface area contributed by atoms with E-state index in [1.807, 2.05) is 18.2 Å². The van der Waals surface area contributed by atoms with Gasteiger partial charge in [-0.1, -0.05) is 6.07 Å². The third kappa shape index (κ3) is 2.76. The van der Waals surface area contributed by atoms with E-state index in [1.54, 1.807) is 6.07 Å². The molecule has 0 saturated carbocycles. The van der Waals surface area contributed by atoms with Gasteiger partial charge in [0.05, 0.1) is 30.9 Å². The molecule has 4 heteroatoms. The van der Waals surface area contributed by atoms with Gasteiger partial charge in [-0.2, -0.15) is 5.26 Å². The van der Waals surface area contributed by atoms with Gasteiger partial charge >= 0.3 is 0 Å². The van der Waals surface area contributed by atoms with Crippen molar-refractivity contribution in [1.82, 2.24) is 0 Å². The van der Waals surface area contributed by atoms with Crippen LogP contribution in [0.5, 0.6) is 0 Å². The predicted octanol–water partition coefficient (Wildman–Crippen LogP) is 1.15. The number of benzene rings is 1. The van der Waals surface area contributed by atoms with Crippen molar-refractivity contribution in [3.8, 4) is 6.07 Å². The summed E-state index contributed by atoms with van der Waals surface area (Å²) in [6, 6.07) is 9.91. The van der Waals surface area contributed by atoms with E-state index >= 15 is 0 Å². The number of rotatable bonds is 3. The molecule has 1 aromatic carbocycles. The number of hydrogen-bond donors (Lipinski definition) is 1. The van der Waals surface area contributed by atoms with Gasteiger partial charge in [0.25, 0.3) is 0 Å². The molecule has 0 aromatic heterocycles. The molecule has 1 fully saturated rings. The van der Waals surface area contributed by atoms with E-state index in [9.17, 15) is 0 Å². The fraction of sp³-hybridized carbons (Fsp3) is 0.462. The topological polar surface area (TPSA) is 56.5 Å². The number of aliphatic hydroxyl groups excluding tert-OH is 1. The fourth-order valence-electron chi connectivity index (χ4n) is 2.14. The molecule has 1 saturated heterocycles. The van der Waals surface area contributed by atoms with Crippen LogP contribution >= 0.6 is 0 Å². The van der Waals surface area contributed by atoms with Crippen LogP contribution in [0.3, 0.4) is 0 Å². The Balaban J connectivity index is 2.20. The highest BCUT2D eigenvalue weighted by Crippen LogP contribution is 2.22. The second-order valence-electron chi connectivity index (χ2n) is 4.10. The molecule has 0 spiro atoms. The van der Waals surface area contributed by atoms with Crippen molar-refractivity contribution in [3.63, 3.8) is 0 Å². The number of hydrogen-bond acceptors (Lipinski definition) is 4. The smallest absolute Gasteiger partial charge is 0.0992 e. The minimum absolute atomic E-state index is 0.155. The first-order valence-electron chi connectivity index (χ1n) is 5.80. The Hall–Kier alpha value is -1.57. The Bertz CT molecular complexity index is 412. The number of anilines is 1. The van der Waals surface area contributed by atoms with Gasteiger partial charge in [-0.15, -0.1) is 0 Å². The summed E-state index contributed by atoms with van der Waals surface area (Å²) in [5, 5.41) is 17.9. The summed E-state index contributed by atoms with van der Waals surface area (Å²) in [7, 11) is 0. The van der Waals surface area contributed by atoms with Crippen molar-refractivity contribution >= 4 is 5.69 Å². The maximum atomic E-state index is 9.05. The molecule has 90 valence electrons. The second-order valence-corrected chi connectivity index (χ2v) is 4.10. The van der Waals surface area contributed by atoms with Gasteiger partial charge in [-0.25, -0.2) is 0 Å². The maximum Gasteiger partial charge on any atom is 0.0992 e. The first kappa shape index (κ1) is 11.9. The Labute approximate surface area is 101 Å². The number of nitriles is 1. The van der Waals surface area contributed by atoms with E-state index in [-0.39, 0.29) is 12.6 Å². The highest BCUT2D eigenvalue weighted by molar-refractivity contribution is 5.52. The maximum absolute atomic E-state index is 9.05. The molecule has 1 aromatic rings.